The minimum absolute atomic E-state index is 0.0226. The number of carbonyl (C=O) groups excluding carboxylic acids is 2. The average molecular weight is 320 g/mol. The lowest BCUT2D eigenvalue weighted by atomic mass is 10.2. The Labute approximate surface area is 130 Å². The van der Waals surface area contributed by atoms with Crippen molar-refractivity contribution in [1.29, 1.82) is 5.26 Å². The van der Waals surface area contributed by atoms with Crippen LogP contribution in [0.1, 0.15) is 20.3 Å². The van der Waals surface area contributed by atoms with Crippen molar-refractivity contribution in [3.05, 3.63) is 39.8 Å². The lowest BCUT2D eigenvalue weighted by Gasteiger charge is -2.13. The fraction of sp³-hybridized carbons (Fsp3) is 0.214. The van der Waals surface area contributed by atoms with Crippen LogP contribution in [0.5, 0.6) is 0 Å². The van der Waals surface area contributed by atoms with E-state index < -0.39 is 28.8 Å². The molecule has 0 saturated heterocycles. The van der Waals surface area contributed by atoms with Crippen molar-refractivity contribution in [3.63, 3.8) is 0 Å². The number of amides is 1. The van der Waals surface area contributed by atoms with Crippen molar-refractivity contribution >= 4 is 28.8 Å². The van der Waals surface area contributed by atoms with Crippen LogP contribution < -0.4 is 10.6 Å². The van der Waals surface area contributed by atoms with Crippen molar-refractivity contribution < 1.29 is 18.9 Å². The molecule has 2 N–H and O–H groups in total. The summed E-state index contributed by atoms with van der Waals surface area (Å²) in [6, 6.07) is 3.30. The number of nitrogens with one attached hydrogen (secondary N) is 2. The van der Waals surface area contributed by atoms with Crippen LogP contribution in [-0.4, -0.2) is 16.6 Å². The van der Waals surface area contributed by atoms with Gasteiger partial charge in [0.25, 0.3) is 0 Å². The second-order valence-electron chi connectivity index (χ2n) is 4.55. The van der Waals surface area contributed by atoms with E-state index in [0.29, 0.717) is 5.70 Å². The summed E-state index contributed by atoms with van der Waals surface area (Å²) in [5, 5.41) is 24.2. The monoisotopic (exact) mass is 320 g/mol. The van der Waals surface area contributed by atoms with Gasteiger partial charge in [-0.2, -0.15) is 9.65 Å². The minimum Gasteiger partial charge on any atom is -0.357 e. The molecule has 0 aliphatic heterocycles. The third-order valence-electron chi connectivity index (χ3n) is 2.55. The number of ketones is 1. The Morgan fingerprint density at radius 2 is 1.96 bits per heavy atom. The number of nitriles is 1. The minimum atomic E-state index is -1.11. The molecule has 0 radical (unpaired) electrons. The van der Waals surface area contributed by atoms with Crippen LogP contribution in [0.15, 0.2) is 23.9 Å². The molecule has 0 heterocycles. The van der Waals surface area contributed by atoms with Crippen LogP contribution >= 0.6 is 0 Å². The molecule has 0 bridgehead atoms. The van der Waals surface area contributed by atoms with Crippen LogP contribution in [0, 0.1) is 27.3 Å². The summed E-state index contributed by atoms with van der Waals surface area (Å²) in [6.07, 6.45) is 0.771. The van der Waals surface area contributed by atoms with Crippen molar-refractivity contribution in [2.45, 2.75) is 20.3 Å². The summed E-state index contributed by atoms with van der Waals surface area (Å²) in [4.78, 5) is 32.4. The Bertz CT molecular complexity index is 737. The first kappa shape index (κ1) is 17.8. The molecule has 120 valence electrons. The molecule has 0 fully saturated rings. The van der Waals surface area contributed by atoms with Crippen LogP contribution in [0.3, 0.4) is 0 Å². The van der Waals surface area contributed by atoms with E-state index in [-0.39, 0.29) is 17.2 Å². The molecular formula is C14H13FN4O4. The second-order valence-corrected chi connectivity index (χ2v) is 4.55. The molecule has 1 aromatic rings. The van der Waals surface area contributed by atoms with Crippen molar-refractivity contribution in [3.8, 4) is 6.07 Å². The largest absolute Gasteiger partial charge is 0.357 e. The molecule has 1 amide bonds. The van der Waals surface area contributed by atoms with Crippen LogP contribution in [0.2, 0.25) is 0 Å². The van der Waals surface area contributed by atoms with Gasteiger partial charge in [-0.25, -0.2) is 0 Å². The summed E-state index contributed by atoms with van der Waals surface area (Å²) in [6.45, 7) is 2.85. The highest BCUT2D eigenvalue weighted by Crippen LogP contribution is 2.31. The number of nitrogens with zero attached hydrogens (tertiary/aromatic N) is 2. The number of carbonyl (C=O) groups is 2. The van der Waals surface area contributed by atoms with Gasteiger partial charge in [-0.3, -0.25) is 19.7 Å². The standard InChI is InChI=1S/C14H13FN4O4/c1-8(5-9(2)20)17-11-6-10(15)13(19(22)23)7-12(11)18-14(21)3-4-16/h5-7,17H,3H2,1-2H3,(H,18,21). The molecular weight excluding hydrogens is 307 g/mol. The van der Waals surface area contributed by atoms with Gasteiger partial charge in [-0.05, 0) is 19.9 Å². The average Bonchev–Trinajstić information content (AvgIpc) is 2.40. The number of halogens is 1. The maximum Gasteiger partial charge on any atom is 0.307 e. The zero-order chi connectivity index (χ0) is 17.6. The highest BCUT2D eigenvalue weighted by atomic mass is 19.1. The van der Waals surface area contributed by atoms with Gasteiger partial charge in [0.2, 0.25) is 11.7 Å². The summed E-state index contributed by atoms with van der Waals surface area (Å²) in [7, 11) is 0. The van der Waals surface area contributed by atoms with E-state index in [1.54, 1.807) is 6.07 Å². The summed E-state index contributed by atoms with van der Waals surface area (Å²) >= 11 is 0. The quantitative estimate of drug-likeness (QED) is 0.471. The fourth-order valence-corrected chi connectivity index (χ4v) is 1.73. The number of hydrogen-bond donors (Lipinski definition) is 2. The predicted molar refractivity (Wildman–Crippen MR) is 80.0 cm³/mol. The van der Waals surface area contributed by atoms with Gasteiger partial charge < -0.3 is 10.6 Å². The zero-order valence-electron chi connectivity index (χ0n) is 12.3. The third kappa shape index (κ3) is 5.20. The van der Waals surface area contributed by atoms with Gasteiger partial charge in [-0.15, -0.1) is 0 Å². The maximum atomic E-state index is 13.7. The van der Waals surface area contributed by atoms with Gasteiger partial charge in [0, 0.05) is 17.8 Å². The van der Waals surface area contributed by atoms with E-state index in [1.165, 1.54) is 19.9 Å². The molecule has 23 heavy (non-hydrogen) atoms. The first-order valence-corrected chi connectivity index (χ1v) is 6.35. The molecule has 8 nitrogen and oxygen atoms in total. The fourth-order valence-electron chi connectivity index (χ4n) is 1.73. The molecule has 1 aromatic carbocycles. The number of hydrogen-bond acceptors (Lipinski definition) is 6. The van der Waals surface area contributed by atoms with E-state index >= 15 is 0 Å². The lowest BCUT2D eigenvalue weighted by molar-refractivity contribution is -0.387. The second kappa shape index (κ2) is 7.65. The van der Waals surface area contributed by atoms with Gasteiger partial charge in [0.05, 0.1) is 22.4 Å². The number of nitro groups is 1. The van der Waals surface area contributed by atoms with E-state index in [1.807, 2.05) is 0 Å². The van der Waals surface area contributed by atoms with Gasteiger partial charge >= 0.3 is 5.69 Å². The topological polar surface area (TPSA) is 125 Å². The molecule has 0 saturated carbocycles. The summed E-state index contributed by atoms with van der Waals surface area (Å²) in [5.74, 6) is -2.07. The first-order chi connectivity index (χ1) is 10.7. The van der Waals surface area contributed by atoms with Crippen LogP contribution in [0.25, 0.3) is 0 Å². The number of nitro benzene ring substituents is 1. The number of anilines is 2. The van der Waals surface area contributed by atoms with Crippen molar-refractivity contribution in [1.82, 2.24) is 0 Å². The van der Waals surface area contributed by atoms with Gasteiger partial charge in [0.1, 0.15) is 6.42 Å². The normalized spacial score (nSPS) is 10.6. The highest BCUT2D eigenvalue weighted by molar-refractivity contribution is 5.96. The number of rotatable bonds is 6. The molecule has 0 unspecified atom stereocenters. The zero-order valence-corrected chi connectivity index (χ0v) is 12.3. The molecule has 9 heteroatoms. The van der Waals surface area contributed by atoms with E-state index in [0.717, 1.165) is 12.1 Å². The summed E-state index contributed by atoms with van der Waals surface area (Å²) in [5.41, 5.74) is -0.526. The lowest BCUT2D eigenvalue weighted by Crippen LogP contribution is -2.13. The SMILES string of the molecule is CC(=O)C=C(C)Nc1cc(F)c([N+](=O)[O-])cc1NC(=O)CC#N. The Hall–Kier alpha value is -3.28. The number of benzene rings is 1. The van der Waals surface area contributed by atoms with Crippen LogP contribution in [-0.2, 0) is 9.59 Å². The van der Waals surface area contributed by atoms with E-state index in [2.05, 4.69) is 10.6 Å². The molecule has 0 aliphatic rings. The smallest absolute Gasteiger partial charge is 0.307 e. The maximum absolute atomic E-state index is 13.7. The highest BCUT2D eigenvalue weighted by Gasteiger charge is 2.19. The Balaban J connectivity index is 3.28. The van der Waals surface area contributed by atoms with E-state index in [4.69, 9.17) is 5.26 Å². The van der Waals surface area contributed by atoms with Crippen molar-refractivity contribution in [2.75, 3.05) is 10.6 Å². The Morgan fingerprint density at radius 3 is 2.48 bits per heavy atom. The number of allylic oxidation sites excluding steroid dienone is 2. The molecule has 1 rings (SSSR count). The molecule has 0 aromatic heterocycles. The van der Waals surface area contributed by atoms with Gasteiger partial charge in [-0.1, -0.05) is 0 Å². The Kier molecular flexibility index (Phi) is 5.91. The Morgan fingerprint density at radius 1 is 1.35 bits per heavy atom. The van der Waals surface area contributed by atoms with Crippen molar-refractivity contribution in [2.24, 2.45) is 0 Å². The van der Waals surface area contributed by atoms with Crippen LogP contribution in [0.4, 0.5) is 21.5 Å². The molecule has 0 spiro atoms. The molecule has 0 aliphatic carbocycles. The third-order valence-corrected chi connectivity index (χ3v) is 2.55. The molecule has 0 atom stereocenters. The van der Waals surface area contributed by atoms with E-state index in [9.17, 15) is 24.1 Å². The van der Waals surface area contributed by atoms with Gasteiger partial charge in [0.15, 0.2) is 5.78 Å². The first-order valence-electron chi connectivity index (χ1n) is 6.35. The summed E-state index contributed by atoms with van der Waals surface area (Å²) < 4.78 is 13.7. The predicted octanol–water partition coefficient (Wildman–Crippen LogP) is 2.49.